The number of phenolic OH excluding ortho intramolecular Hbond substituents is 1. The van der Waals surface area contributed by atoms with Crippen molar-refractivity contribution >= 4 is 74.8 Å². The fourth-order valence-electron chi connectivity index (χ4n) is 7.03. The van der Waals surface area contributed by atoms with Gasteiger partial charge in [0.05, 0.1) is 28.1 Å². The summed E-state index contributed by atoms with van der Waals surface area (Å²) in [5, 5.41) is 28.4. The number of aromatic hydroxyl groups is 1. The molecule has 3 aliphatic rings. The second-order valence-corrected chi connectivity index (χ2v) is 14.8. The lowest BCUT2D eigenvalue weighted by Crippen LogP contribution is -2.39. The number of thiocarbonyl (C=S) groups is 1. The molecule has 0 bridgehead atoms. The van der Waals surface area contributed by atoms with Gasteiger partial charge in [-0.25, -0.2) is 4.79 Å². The Morgan fingerprint density at radius 1 is 0.873 bits per heavy atom. The molecule has 55 heavy (non-hydrogen) atoms. The topological polar surface area (TPSA) is 135 Å². The van der Waals surface area contributed by atoms with Crippen molar-refractivity contribution in [3.05, 3.63) is 134 Å². The molecule has 4 aromatic rings. The molecule has 1 atom stereocenters. The molecule has 7 rings (SSSR count). The molecule has 1 fully saturated rings. The molecule has 1 saturated heterocycles. The molecule has 2 heterocycles. The fraction of sp³-hybridized carbons (Fsp3) is 0.190. The van der Waals surface area contributed by atoms with Gasteiger partial charge in [-0.05, 0) is 116 Å². The first-order valence-corrected chi connectivity index (χ1v) is 18.8. The number of likely N-dealkylation sites (N-methyl/N-ethyl adjacent to an activating group) is 1. The lowest BCUT2D eigenvalue weighted by atomic mass is 9.90. The van der Waals surface area contributed by atoms with E-state index in [2.05, 4.69) is 15.5 Å². The van der Waals surface area contributed by atoms with Gasteiger partial charge in [-0.2, -0.15) is 0 Å². The minimum absolute atomic E-state index is 0.00732. The van der Waals surface area contributed by atoms with Crippen LogP contribution in [-0.4, -0.2) is 63.7 Å². The van der Waals surface area contributed by atoms with Crippen molar-refractivity contribution in [1.82, 2.24) is 9.80 Å². The summed E-state index contributed by atoms with van der Waals surface area (Å²) in [4.78, 5) is 42.5. The van der Waals surface area contributed by atoms with E-state index in [0.717, 1.165) is 37.1 Å². The molecule has 0 radical (unpaired) electrons. The molecule has 1 aliphatic carbocycles. The molecule has 10 nitrogen and oxygen atoms in total. The third kappa shape index (κ3) is 8.45. The molecule has 13 heteroatoms. The fourth-order valence-corrected chi connectivity index (χ4v) is 7.59. The maximum absolute atomic E-state index is 13.5. The van der Waals surface area contributed by atoms with E-state index in [1.807, 2.05) is 37.4 Å². The summed E-state index contributed by atoms with van der Waals surface area (Å²) in [6.45, 7) is 2.66. The first-order valence-electron chi connectivity index (χ1n) is 17.6. The number of aromatic carboxylic acids is 1. The molecule has 1 amide bonds. The highest BCUT2D eigenvalue weighted by atomic mass is 35.5. The number of carboxylic acid groups (broad SMARTS) is 1. The third-order valence-corrected chi connectivity index (χ3v) is 10.8. The second-order valence-electron chi connectivity index (χ2n) is 13.5. The van der Waals surface area contributed by atoms with E-state index in [1.165, 1.54) is 30.3 Å². The summed E-state index contributed by atoms with van der Waals surface area (Å²) >= 11 is 17.9. The monoisotopic (exact) mass is 794 g/mol. The van der Waals surface area contributed by atoms with Gasteiger partial charge >= 0.3 is 5.97 Å². The largest absolute Gasteiger partial charge is 0.508 e. The highest BCUT2D eigenvalue weighted by molar-refractivity contribution is 7.80. The van der Waals surface area contributed by atoms with E-state index in [9.17, 15) is 24.6 Å². The molecule has 280 valence electrons. The number of carboxylic acids is 1. The van der Waals surface area contributed by atoms with Crippen LogP contribution in [0.5, 0.6) is 5.75 Å². The van der Waals surface area contributed by atoms with Gasteiger partial charge in [0, 0.05) is 53.6 Å². The van der Waals surface area contributed by atoms with E-state index >= 15 is 0 Å². The van der Waals surface area contributed by atoms with Crippen molar-refractivity contribution in [3.63, 3.8) is 0 Å². The molecule has 0 saturated carbocycles. The van der Waals surface area contributed by atoms with Crippen molar-refractivity contribution < 1.29 is 24.2 Å². The minimum atomic E-state index is -1.17. The third-order valence-electron chi connectivity index (χ3n) is 9.84. The Kier molecular flexibility index (Phi) is 11.1. The summed E-state index contributed by atoms with van der Waals surface area (Å²) in [6.07, 6.45) is 2.44. The second kappa shape index (κ2) is 16.1. The predicted molar refractivity (Wildman–Crippen MR) is 221 cm³/mol. The van der Waals surface area contributed by atoms with Gasteiger partial charge in [0.25, 0.3) is 0 Å². The van der Waals surface area contributed by atoms with Crippen molar-refractivity contribution in [2.75, 3.05) is 37.3 Å². The Morgan fingerprint density at radius 2 is 1.58 bits per heavy atom. The number of rotatable bonds is 10. The zero-order chi connectivity index (χ0) is 38.8. The summed E-state index contributed by atoms with van der Waals surface area (Å²) in [5.74, 6) is -0.978. The van der Waals surface area contributed by atoms with Crippen LogP contribution < -0.4 is 16.1 Å². The van der Waals surface area contributed by atoms with E-state index in [-0.39, 0.29) is 46.0 Å². The maximum Gasteiger partial charge on any atom is 0.336 e. The van der Waals surface area contributed by atoms with E-state index in [4.69, 9.17) is 39.8 Å². The average Bonchev–Trinajstić information content (AvgIpc) is 3.68. The maximum atomic E-state index is 13.5. The first-order chi connectivity index (χ1) is 26.4. The van der Waals surface area contributed by atoms with Gasteiger partial charge in [0.2, 0.25) is 5.91 Å². The molecule has 4 aromatic carbocycles. The molecule has 1 unspecified atom stereocenters. The predicted octanol–water partition coefficient (Wildman–Crippen LogP) is 8.92. The number of nitrogens with zero attached hydrogens (tertiary/aromatic N) is 2. The number of hydrogen-bond acceptors (Lipinski definition) is 7. The number of amides is 1. The number of likely N-dealkylation sites (tertiary alicyclic amines) is 1. The van der Waals surface area contributed by atoms with Crippen LogP contribution in [0.2, 0.25) is 10.0 Å². The van der Waals surface area contributed by atoms with Crippen LogP contribution >= 0.6 is 35.4 Å². The van der Waals surface area contributed by atoms with Gasteiger partial charge in [0.15, 0.2) is 10.5 Å². The number of nitrogens with one attached hydrogen (secondary N) is 2. The lowest BCUT2D eigenvalue weighted by Gasteiger charge is -2.32. The van der Waals surface area contributed by atoms with Gasteiger partial charge in [0.1, 0.15) is 17.1 Å². The average molecular weight is 796 g/mol. The van der Waals surface area contributed by atoms with Crippen LogP contribution in [0, 0.1) is 0 Å². The number of carbonyl (C=O) groups excluding carboxylic acids is 1. The Bertz CT molecular complexity index is 2470. The SMILES string of the molecule is CN(C(=O)Cc1ccc(Cl)c(Cl)c1)C(CN1CCCC1)c1ccc(NC(=S)Nc2ccc(-c3c4ccc(=O)cc-4oc4cc(O)ccc34)c(C(=O)O)c2)cc1. The number of phenols is 1. The van der Waals surface area contributed by atoms with Crippen LogP contribution in [0.1, 0.15) is 40.4 Å². The Balaban J connectivity index is 1.09. The van der Waals surface area contributed by atoms with Crippen molar-refractivity contribution in [1.29, 1.82) is 0 Å². The highest BCUT2D eigenvalue weighted by Crippen LogP contribution is 2.42. The summed E-state index contributed by atoms with van der Waals surface area (Å²) < 4.78 is 5.93. The van der Waals surface area contributed by atoms with E-state index in [0.29, 0.717) is 55.6 Å². The molecular weight excluding hydrogens is 759 g/mol. The molecule has 0 aromatic heterocycles. The van der Waals surface area contributed by atoms with Crippen LogP contribution in [0.25, 0.3) is 33.4 Å². The quantitative estimate of drug-likeness (QED) is 0.0787. The normalized spacial score (nSPS) is 13.5. The zero-order valence-corrected chi connectivity index (χ0v) is 32.0. The number of fused-ring (bicyclic) bond motifs is 2. The van der Waals surface area contributed by atoms with Crippen molar-refractivity contribution in [3.8, 4) is 28.2 Å². The van der Waals surface area contributed by atoms with Crippen LogP contribution in [0.15, 0.2) is 106 Å². The Hall–Kier alpha value is -5.46. The lowest BCUT2D eigenvalue weighted by molar-refractivity contribution is -0.131. The minimum Gasteiger partial charge on any atom is -0.508 e. The van der Waals surface area contributed by atoms with Crippen LogP contribution in [0.4, 0.5) is 11.4 Å². The summed E-state index contributed by atoms with van der Waals surface area (Å²) in [5.41, 5.74) is 4.41. The highest BCUT2D eigenvalue weighted by Gasteiger charge is 2.27. The smallest absolute Gasteiger partial charge is 0.336 e. The van der Waals surface area contributed by atoms with Crippen LogP contribution in [0.3, 0.4) is 0 Å². The number of benzene rings is 5. The van der Waals surface area contributed by atoms with E-state index in [1.54, 1.807) is 41.3 Å². The van der Waals surface area contributed by atoms with Crippen LogP contribution in [-0.2, 0) is 11.2 Å². The number of carbonyl (C=O) groups is 2. The van der Waals surface area contributed by atoms with Crippen molar-refractivity contribution in [2.45, 2.75) is 25.3 Å². The standard InChI is InChI=1S/C42H36Cl2N4O6S/c1-47(39(51)19-24-4-15-34(43)35(44)18-24)36(23-48-16-2-3-17-48)25-5-7-26(8-6-25)45-42(55)46-27-9-12-30(33(20-27)41(52)53)40-31-13-10-28(49)21-37(31)54-38-22-29(50)11-14-32(38)40/h4-15,18,20-22,36,49H,2-3,16-17,19,23H2,1H3,(H,52,53)(H2,45,46,55). The van der Waals surface area contributed by atoms with Crippen molar-refractivity contribution in [2.24, 2.45) is 0 Å². The summed E-state index contributed by atoms with van der Waals surface area (Å²) in [7, 11) is 1.83. The number of halogens is 2. The molecule has 2 aliphatic heterocycles. The van der Waals surface area contributed by atoms with E-state index < -0.39 is 5.97 Å². The zero-order valence-electron chi connectivity index (χ0n) is 29.6. The summed E-state index contributed by atoms with van der Waals surface area (Å²) in [6, 6.07) is 26.6. The van der Waals surface area contributed by atoms with Gasteiger partial charge in [-0.3, -0.25) is 9.59 Å². The Labute approximate surface area is 332 Å². The molecule has 4 N–H and O–H groups in total. The molecule has 0 spiro atoms. The molecular formula is C42H36Cl2N4O6S. The first kappa shape index (κ1) is 37.8. The van der Waals surface area contributed by atoms with Gasteiger partial charge in [-0.15, -0.1) is 0 Å². The van der Waals surface area contributed by atoms with Gasteiger partial charge in [-0.1, -0.05) is 47.5 Å². The Morgan fingerprint density at radius 3 is 2.31 bits per heavy atom. The van der Waals surface area contributed by atoms with Gasteiger partial charge < -0.3 is 35.1 Å². The number of hydrogen-bond donors (Lipinski definition) is 4. The number of anilines is 2.